The molecule has 1 amide bonds. The highest BCUT2D eigenvalue weighted by Gasteiger charge is 2.20. The number of carbonyl (C=O) groups excluding carboxylic acids is 1. The summed E-state index contributed by atoms with van der Waals surface area (Å²) in [6.45, 7) is 10.7. The number of amides is 1. The molecule has 0 bridgehead atoms. The number of rotatable bonds is 8. The number of ether oxygens (including phenoxy) is 1. The minimum Gasteiger partial charge on any atom is -0.383 e. The van der Waals surface area contributed by atoms with Crippen LogP contribution in [0.5, 0.6) is 0 Å². The molecular formula is C17H23N3O3S2. The van der Waals surface area contributed by atoms with Crippen molar-refractivity contribution in [1.82, 2.24) is 14.9 Å². The van der Waals surface area contributed by atoms with Crippen molar-refractivity contribution in [1.29, 1.82) is 0 Å². The number of aromatic nitrogens is 2. The van der Waals surface area contributed by atoms with Crippen LogP contribution in [0.1, 0.15) is 17.4 Å². The Morgan fingerprint density at radius 1 is 1.52 bits per heavy atom. The quantitative estimate of drug-likeness (QED) is 0.329. The van der Waals surface area contributed by atoms with Crippen molar-refractivity contribution in [3.05, 3.63) is 33.4 Å². The molecule has 0 aliphatic heterocycles. The topological polar surface area (TPSA) is 73.2 Å². The molecule has 0 spiro atoms. The minimum atomic E-state index is -0.376. The third-order valence-electron chi connectivity index (χ3n) is 3.82. The summed E-state index contributed by atoms with van der Waals surface area (Å²) in [4.78, 5) is 31.5. The van der Waals surface area contributed by atoms with Gasteiger partial charge in [0.15, 0.2) is 5.16 Å². The molecule has 2 heterocycles. The van der Waals surface area contributed by atoms with E-state index in [0.717, 1.165) is 15.3 Å². The van der Waals surface area contributed by atoms with Crippen molar-refractivity contribution in [2.75, 3.05) is 20.3 Å². The third kappa shape index (κ3) is 4.31. The maximum absolute atomic E-state index is 12.9. The molecule has 0 aromatic carbocycles. The van der Waals surface area contributed by atoms with Gasteiger partial charge in [-0.05, 0) is 26.3 Å². The molecule has 0 aliphatic carbocycles. The van der Waals surface area contributed by atoms with Gasteiger partial charge in [-0.2, -0.15) is 0 Å². The van der Waals surface area contributed by atoms with E-state index in [1.165, 1.54) is 23.1 Å². The molecule has 0 radical (unpaired) electrons. The van der Waals surface area contributed by atoms with Crippen LogP contribution in [-0.4, -0.2) is 41.0 Å². The molecule has 0 saturated heterocycles. The second-order valence-corrected chi connectivity index (χ2v) is 8.12. The Hall–Kier alpha value is -1.64. The van der Waals surface area contributed by atoms with E-state index in [1.54, 1.807) is 24.7 Å². The Kier molecular flexibility index (Phi) is 6.80. The van der Waals surface area contributed by atoms with Crippen LogP contribution in [0.4, 0.5) is 0 Å². The first-order valence-corrected chi connectivity index (χ1v) is 9.65. The number of allylic oxidation sites excluding steroid dienone is 1. The molecule has 1 atom stereocenters. The van der Waals surface area contributed by atoms with Crippen molar-refractivity contribution < 1.29 is 9.53 Å². The Bertz CT molecular complexity index is 842. The molecule has 0 fully saturated rings. The molecule has 1 N–H and O–H groups in total. The average Bonchev–Trinajstić information content (AvgIpc) is 2.85. The van der Waals surface area contributed by atoms with E-state index in [-0.39, 0.29) is 16.7 Å². The van der Waals surface area contributed by atoms with Gasteiger partial charge in [0.2, 0.25) is 5.91 Å². The summed E-state index contributed by atoms with van der Waals surface area (Å²) < 4.78 is 6.51. The van der Waals surface area contributed by atoms with E-state index < -0.39 is 0 Å². The molecule has 0 unspecified atom stereocenters. The molecule has 2 aromatic rings. The summed E-state index contributed by atoms with van der Waals surface area (Å²) in [6.07, 6.45) is 1.66. The van der Waals surface area contributed by atoms with Crippen molar-refractivity contribution in [2.24, 2.45) is 0 Å². The van der Waals surface area contributed by atoms with E-state index in [4.69, 9.17) is 4.74 Å². The molecule has 2 rings (SSSR count). The smallest absolute Gasteiger partial charge is 0.263 e. The monoisotopic (exact) mass is 381 g/mol. The Labute approximate surface area is 155 Å². The number of thiophene rings is 1. The van der Waals surface area contributed by atoms with Gasteiger partial charge in [-0.3, -0.25) is 14.2 Å². The molecule has 6 nitrogen and oxygen atoms in total. The van der Waals surface area contributed by atoms with Gasteiger partial charge in [-0.15, -0.1) is 17.9 Å². The zero-order chi connectivity index (χ0) is 18.6. The van der Waals surface area contributed by atoms with Gasteiger partial charge < -0.3 is 10.1 Å². The first-order chi connectivity index (χ1) is 11.9. The van der Waals surface area contributed by atoms with Crippen LogP contribution in [0.3, 0.4) is 0 Å². The number of fused-ring (bicyclic) bond motifs is 1. The highest BCUT2D eigenvalue weighted by molar-refractivity contribution is 8.00. The Balaban J connectivity index is 2.36. The fourth-order valence-electron chi connectivity index (χ4n) is 2.32. The van der Waals surface area contributed by atoms with Crippen LogP contribution in [0.25, 0.3) is 10.2 Å². The lowest BCUT2D eigenvalue weighted by Gasteiger charge is -2.14. The predicted octanol–water partition coefficient (Wildman–Crippen LogP) is 2.50. The number of hydrogen-bond donors (Lipinski definition) is 1. The van der Waals surface area contributed by atoms with Gasteiger partial charge >= 0.3 is 0 Å². The van der Waals surface area contributed by atoms with Crippen LogP contribution in [0.2, 0.25) is 0 Å². The van der Waals surface area contributed by atoms with E-state index >= 15 is 0 Å². The summed E-state index contributed by atoms with van der Waals surface area (Å²) in [7, 11) is 1.59. The number of nitrogens with one attached hydrogen (secondary N) is 1. The Morgan fingerprint density at radius 2 is 2.24 bits per heavy atom. The van der Waals surface area contributed by atoms with Gasteiger partial charge in [0.25, 0.3) is 5.56 Å². The van der Waals surface area contributed by atoms with Gasteiger partial charge in [0.1, 0.15) is 4.83 Å². The van der Waals surface area contributed by atoms with Crippen LogP contribution in [0.15, 0.2) is 22.6 Å². The van der Waals surface area contributed by atoms with Gasteiger partial charge in [0.05, 0.1) is 17.2 Å². The molecule has 8 heteroatoms. The SMILES string of the molecule is C=CCn1c(S[C@H](C)C(=O)NCCOC)nc2sc(C)c(C)c2c1=O. The molecule has 25 heavy (non-hydrogen) atoms. The molecule has 2 aromatic heterocycles. The average molecular weight is 382 g/mol. The van der Waals surface area contributed by atoms with Crippen molar-refractivity contribution in [3.8, 4) is 0 Å². The van der Waals surface area contributed by atoms with Crippen molar-refractivity contribution >= 4 is 39.2 Å². The van der Waals surface area contributed by atoms with Crippen LogP contribution in [0, 0.1) is 13.8 Å². The second-order valence-electron chi connectivity index (χ2n) is 5.61. The van der Waals surface area contributed by atoms with E-state index in [0.29, 0.717) is 30.2 Å². The maximum atomic E-state index is 12.9. The highest BCUT2D eigenvalue weighted by Crippen LogP contribution is 2.29. The largest absolute Gasteiger partial charge is 0.383 e. The zero-order valence-corrected chi connectivity index (χ0v) is 16.6. The summed E-state index contributed by atoms with van der Waals surface area (Å²) in [5.41, 5.74) is 0.887. The van der Waals surface area contributed by atoms with Gasteiger partial charge in [-0.25, -0.2) is 4.98 Å². The van der Waals surface area contributed by atoms with Crippen LogP contribution in [-0.2, 0) is 16.1 Å². The molecule has 0 aliphatic rings. The number of hydrogen-bond acceptors (Lipinski definition) is 6. The number of methoxy groups -OCH3 is 1. The summed E-state index contributed by atoms with van der Waals surface area (Å²) >= 11 is 2.78. The molecule has 136 valence electrons. The summed E-state index contributed by atoms with van der Waals surface area (Å²) in [5, 5.41) is 3.62. The van der Waals surface area contributed by atoms with Gasteiger partial charge in [-0.1, -0.05) is 17.8 Å². The van der Waals surface area contributed by atoms with Crippen LogP contribution < -0.4 is 10.9 Å². The lowest BCUT2D eigenvalue weighted by atomic mass is 10.2. The third-order valence-corrected chi connectivity index (χ3v) is 6.01. The first-order valence-electron chi connectivity index (χ1n) is 7.95. The van der Waals surface area contributed by atoms with Crippen molar-refractivity contribution in [3.63, 3.8) is 0 Å². The predicted molar refractivity (Wildman–Crippen MR) is 104 cm³/mol. The first kappa shape index (κ1) is 19.7. The number of thioether (sulfide) groups is 1. The highest BCUT2D eigenvalue weighted by atomic mass is 32.2. The number of nitrogens with zero attached hydrogens (tertiary/aromatic N) is 2. The van der Waals surface area contributed by atoms with E-state index in [2.05, 4.69) is 16.9 Å². The fraction of sp³-hybridized carbons (Fsp3) is 0.471. The summed E-state index contributed by atoms with van der Waals surface area (Å²) in [5.74, 6) is -0.111. The lowest BCUT2D eigenvalue weighted by molar-refractivity contribution is -0.120. The zero-order valence-electron chi connectivity index (χ0n) is 14.9. The molecular weight excluding hydrogens is 358 g/mol. The van der Waals surface area contributed by atoms with Gasteiger partial charge in [0, 0.05) is 25.1 Å². The standard InChI is InChI=1S/C17H23N3O3S2/c1-6-8-20-16(22)13-10(2)11(3)24-15(13)19-17(20)25-12(4)14(21)18-7-9-23-5/h6,12H,1,7-9H2,2-5H3,(H,18,21)/t12-/m1/s1. The molecule has 0 saturated carbocycles. The number of aryl methyl sites for hydroxylation is 2. The number of carbonyl (C=O) groups is 1. The minimum absolute atomic E-state index is 0.0822. The fourth-order valence-corrected chi connectivity index (χ4v) is 4.33. The second kappa shape index (κ2) is 8.64. The maximum Gasteiger partial charge on any atom is 0.263 e. The lowest BCUT2D eigenvalue weighted by Crippen LogP contribution is -2.34. The van der Waals surface area contributed by atoms with E-state index in [1.807, 2.05) is 13.8 Å². The Morgan fingerprint density at radius 3 is 2.88 bits per heavy atom. The normalized spacial score (nSPS) is 12.3. The summed E-state index contributed by atoms with van der Waals surface area (Å²) in [6, 6.07) is 0. The van der Waals surface area contributed by atoms with Crippen molar-refractivity contribution in [2.45, 2.75) is 37.7 Å². The van der Waals surface area contributed by atoms with E-state index in [9.17, 15) is 9.59 Å². The van der Waals surface area contributed by atoms with Crippen LogP contribution >= 0.6 is 23.1 Å².